The summed E-state index contributed by atoms with van der Waals surface area (Å²) < 4.78 is 1.05. The molecule has 0 atom stereocenters. The lowest BCUT2D eigenvalue weighted by Gasteiger charge is -2.06. The van der Waals surface area contributed by atoms with Gasteiger partial charge in [0.05, 0.1) is 5.69 Å². The second kappa shape index (κ2) is 5.61. The summed E-state index contributed by atoms with van der Waals surface area (Å²) in [7, 11) is 0. The number of hydrogen-bond donors (Lipinski definition) is 3. The zero-order valence-corrected chi connectivity index (χ0v) is 13.0. The van der Waals surface area contributed by atoms with Crippen LogP contribution in [0.2, 0.25) is 0 Å². The fourth-order valence-corrected chi connectivity index (χ4v) is 2.35. The van der Waals surface area contributed by atoms with Crippen LogP contribution in [-0.2, 0) is 0 Å². The van der Waals surface area contributed by atoms with E-state index in [1.54, 1.807) is 12.1 Å². The third kappa shape index (κ3) is 3.08. The molecule has 0 aliphatic rings. The van der Waals surface area contributed by atoms with Crippen molar-refractivity contribution in [3.8, 4) is 17.0 Å². The van der Waals surface area contributed by atoms with E-state index in [2.05, 4.69) is 31.4 Å². The number of aromatic nitrogens is 2. The number of rotatable bonds is 3. The Balaban J connectivity index is 1.83. The summed E-state index contributed by atoms with van der Waals surface area (Å²) in [5, 5.41) is 19.9. The molecule has 0 fully saturated rings. The average Bonchev–Trinajstić information content (AvgIpc) is 2.91. The Hall–Kier alpha value is -2.27. The molecule has 0 radical (unpaired) electrons. The van der Waals surface area contributed by atoms with Gasteiger partial charge < -0.3 is 10.4 Å². The molecule has 2 aromatic carbocycles. The lowest BCUT2D eigenvalue weighted by Crippen LogP contribution is -1.92. The fraction of sp³-hybridized carbons (Fsp3) is 0.0625. The van der Waals surface area contributed by atoms with Crippen LogP contribution in [-0.4, -0.2) is 15.3 Å². The maximum atomic E-state index is 9.43. The van der Waals surface area contributed by atoms with E-state index in [-0.39, 0.29) is 5.75 Å². The Bertz CT molecular complexity index is 765. The van der Waals surface area contributed by atoms with E-state index in [1.807, 2.05) is 43.3 Å². The summed E-state index contributed by atoms with van der Waals surface area (Å²) in [5.74, 6) is 0.998. The minimum absolute atomic E-state index is 0.260. The van der Waals surface area contributed by atoms with Crippen molar-refractivity contribution in [1.29, 1.82) is 0 Å². The van der Waals surface area contributed by atoms with Crippen LogP contribution in [0.5, 0.6) is 5.75 Å². The van der Waals surface area contributed by atoms with Gasteiger partial charge >= 0.3 is 0 Å². The summed E-state index contributed by atoms with van der Waals surface area (Å²) in [4.78, 5) is 0. The molecule has 0 amide bonds. The standard InChI is InChI=1S/C16H14BrN3O/c1-10-8-13(21)6-7-14(10)18-16-9-15(19-20-16)11-2-4-12(17)5-3-11/h2-9,21H,1H3,(H2,18,19,20). The number of nitrogens with zero attached hydrogens (tertiary/aromatic N) is 1. The van der Waals surface area contributed by atoms with E-state index in [9.17, 15) is 5.11 Å². The van der Waals surface area contributed by atoms with E-state index in [0.29, 0.717) is 0 Å². The molecule has 0 spiro atoms. The molecule has 3 rings (SSSR count). The molecule has 0 unspecified atom stereocenters. The molecule has 106 valence electrons. The SMILES string of the molecule is Cc1cc(O)ccc1Nc1cc(-c2ccc(Br)cc2)[nH]n1. The molecule has 0 bridgehead atoms. The van der Waals surface area contributed by atoms with Crippen LogP contribution in [0, 0.1) is 6.92 Å². The van der Waals surface area contributed by atoms with Gasteiger partial charge in [-0.2, -0.15) is 5.10 Å². The van der Waals surface area contributed by atoms with Gasteiger partial charge in [0, 0.05) is 16.2 Å². The number of H-pyrrole nitrogens is 1. The molecule has 4 nitrogen and oxygen atoms in total. The third-order valence-corrected chi connectivity index (χ3v) is 3.73. The summed E-state index contributed by atoms with van der Waals surface area (Å²) >= 11 is 3.42. The highest BCUT2D eigenvalue weighted by Crippen LogP contribution is 2.26. The van der Waals surface area contributed by atoms with Crippen molar-refractivity contribution in [2.75, 3.05) is 5.32 Å². The maximum absolute atomic E-state index is 9.43. The predicted molar refractivity (Wildman–Crippen MR) is 87.9 cm³/mol. The van der Waals surface area contributed by atoms with E-state index in [1.165, 1.54) is 0 Å². The van der Waals surface area contributed by atoms with Crippen LogP contribution >= 0.6 is 15.9 Å². The van der Waals surface area contributed by atoms with Gasteiger partial charge in [0.2, 0.25) is 0 Å². The molecule has 0 saturated heterocycles. The number of hydrogen-bond acceptors (Lipinski definition) is 3. The van der Waals surface area contributed by atoms with Gasteiger partial charge in [-0.25, -0.2) is 0 Å². The van der Waals surface area contributed by atoms with Gasteiger partial charge in [-0.1, -0.05) is 28.1 Å². The minimum atomic E-state index is 0.260. The van der Waals surface area contributed by atoms with Crippen LogP contribution in [0.25, 0.3) is 11.3 Å². The molecule has 3 aromatic rings. The summed E-state index contributed by atoms with van der Waals surface area (Å²) in [5.41, 5.74) is 3.90. The minimum Gasteiger partial charge on any atom is -0.508 e. The first-order valence-corrected chi connectivity index (χ1v) is 7.29. The zero-order valence-electron chi connectivity index (χ0n) is 11.4. The second-order valence-electron chi connectivity index (χ2n) is 4.80. The van der Waals surface area contributed by atoms with Crippen LogP contribution < -0.4 is 5.32 Å². The zero-order chi connectivity index (χ0) is 14.8. The first kappa shape index (κ1) is 13.7. The van der Waals surface area contributed by atoms with Gasteiger partial charge in [0.1, 0.15) is 5.75 Å². The van der Waals surface area contributed by atoms with Crippen LogP contribution in [0.15, 0.2) is 53.0 Å². The number of anilines is 2. The van der Waals surface area contributed by atoms with Crippen molar-refractivity contribution in [1.82, 2.24) is 10.2 Å². The molecule has 5 heteroatoms. The molecule has 21 heavy (non-hydrogen) atoms. The van der Waals surface area contributed by atoms with Gasteiger partial charge in [-0.05, 0) is 48.4 Å². The Morgan fingerprint density at radius 2 is 1.86 bits per heavy atom. The maximum Gasteiger partial charge on any atom is 0.152 e. The van der Waals surface area contributed by atoms with Gasteiger partial charge in [-0.15, -0.1) is 0 Å². The van der Waals surface area contributed by atoms with Crippen molar-refractivity contribution >= 4 is 27.4 Å². The second-order valence-corrected chi connectivity index (χ2v) is 5.71. The van der Waals surface area contributed by atoms with E-state index < -0.39 is 0 Å². The molecule has 0 aliphatic carbocycles. The lowest BCUT2D eigenvalue weighted by molar-refractivity contribution is 0.475. The number of phenolic OH excluding ortho intramolecular Hbond substituents is 1. The highest BCUT2D eigenvalue weighted by Gasteiger charge is 2.06. The van der Waals surface area contributed by atoms with E-state index in [4.69, 9.17) is 0 Å². The lowest BCUT2D eigenvalue weighted by atomic mass is 10.1. The third-order valence-electron chi connectivity index (χ3n) is 3.21. The van der Waals surface area contributed by atoms with Crippen molar-refractivity contribution in [2.24, 2.45) is 0 Å². The Kier molecular flexibility index (Phi) is 3.66. The van der Waals surface area contributed by atoms with Gasteiger partial charge in [0.15, 0.2) is 5.82 Å². The number of nitrogens with one attached hydrogen (secondary N) is 2. The van der Waals surface area contributed by atoms with E-state index >= 15 is 0 Å². The molecular weight excluding hydrogens is 330 g/mol. The molecule has 0 aliphatic heterocycles. The Labute approximate surface area is 131 Å². The molecular formula is C16H14BrN3O. The van der Waals surface area contributed by atoms with Gasteiger partial charge in [0.25, 0.3) is 0 Å². The molecule has 0 saturated carbocycles. The Morgan fingerprint density at radius 1 is 1.10 bits per heavy atom. The molecule has 3 N–H and O–H groups in total. The predicted octanol–water partition coefficient (Wildman–Crippen LogP) is 4.60. The topological polar surface area (TPSA) is 60.9 Å². The van der Waals surface area contributed by atoms with Crippen LogP contribution in [0.1, 0.15) is 5.56 Å². The Morgan fingerprint density at radius 3 is 2.57 bits per heavy atom. The summed E-state index contributed by atoms with van der Waals surface area (Å²) in [6, 6.07) is 15.2. The van der Waals surface area contributed by atoms with Crippen LogP contribution in [0.4, 0.5) is 11.5 Å². The monoisotopic (exact) mass is 343 g/mol. The smallest absolute Gasteiger partial charge is 0.152 e. The summed E-state index contributed by atoms with van der Waals surface area (Å²) in [6.07, 6.45) is 0. The number of aromatic amines is 1. The largest absolute Gasteiger partial charge is 0.508 e. The number of phenols is 1. The summed E-state index contributed by atoms with van der Waals surface area (Å²) in [6.45, 7) is 1.93. The fourth-order valence-electron chi connectivity index (χ4n) is 2.09. The van der Waals surface area contributed by atoms with Crippen molar-refractivity contribution < 1.29 is 5.11 Å². The van der Waals surface area contributed by atoms with Crippen molar-refractivity contribution in [3.63, 3.8) is 0 Å². The van der Waals surface area contributed by atoms with Crippen molar-refractivity contribution in [3.05, 3.63) is 58.6 Å². The first-order valence-electron chi connectivity index (χ1n) is 6.50. The number of benzene rings is 2. The average molecular weight is 344 g/mol. The highest BCUT2D eigenvalue weighted by molar-refractivity contribution is 9.10. The molecule has 1 aromatic heterocycles. The first-order chi connectivity index (χ1) is 10.1. The quantitative estimate of drug-likeness (QED) is 0.609. The number of halogens is 1. The normalized spacial score (nSPS) is 10.6. The van der Waals surface area contributed by atoms with Gasteiger partial charge in [-0.3, -0.25) is 5.10 Å². The molecule has 1 heterocycles. The number of aromatic hydroxyl groups is 1. The highest BCUT2D eigenvalue weighted by atomic mass is 79.9. The van der Waals surface area contributed by atoms with Crippen LogP contribution in [0.3, 0.4) is 0 Å². The van der Waals surface area contributed by atoms with E-state index in [0.717, 1.165) is 32.8 Å². The number of aryl methyl sites for hydroxylation is 1. The van der Waals surface area contributed by atoms with Crippen molar-refractivity contribution in [2.45, 2.75) is 6.92 Å².